The first-order valence-electron chi connectivity index (χ1n) is 4.89. The molecule has 0 aromatic carbocycles. The van der Waals surface area contributed by atoms with Crippen LogP contribution in [-0.4, -0.2) is 23.0 Å². The molecule has 2 saturated heterocycles. The third-order valence-electron chi connectivity index (χ3n) is 2.98. The fourth-order valence-corrected chi connectivity index (χ4v) is 4.21. The first kappa shape index (κ1) is 9.38. The minimum Gasteiger partial charge on any atom is -0.352 e. The van der Waals surface area contributed by atoms with Gasteiger partial charge >= 0.3 is 0 Å². The van der Waals surface area contributed by atoms with Crippen molar-refractivity contribution in [2.24, 2.45) is 11.3 Å². The molecule has 1 amide bonds. The molecule has 2 rings (SSSR count). The Morgan fingerprint density at radius 3 is 2.77 bits per heavy atom. The van der Waals surface area contributed by atoms with Crippen molar-refractivity contribution in [3.63, 3.8) is 0 Å². The lowest BCUT2D eigenvalue weighted by Gasteiger charge is -2.30. The lowest BCUT2D eigenvalue weighted by Crippen LogP contribution is -2.32. The summed E-state index contributed by atoms with van der Waals surface area (Å²) in [6.07, 6.45) is 0.750. The Morgan fingerprint density at radius 1 is 1.46 bits per heavy atom. The van der Waals surface area contributed by atoms with Gasteiger partial charge in [-0.2, -0.15) is 11.8 Å². The highest BCUT2D eigenvalue weighted by molar-refractivity contribution is 8.00. The average Bonchev–Trinajstić information content (AvgIpc) is 2.41. The van der Waals surface area contributed by atoms with Crippen molar-refractivity contribution in [1.29, 1.82) is 0 Å². The van der Waals surface area contributed by atoms with Crippen LogP contribution in [-0.2, 0) is 4.79 Å². The predicted molar refractivity (Wildman–Crippen MR) is 55.7 cm³/mol. The van der Waals surface area contributed by atoms with Crippen LogP contribution in [0.5, 0.6) is 0 Å². The topological polar surface area (TPSA) is 29.1 Å². The molecule has 0 aromatic heterocycles. The molecule has 2 fully saturated rings. The van der Waals surface area contributed by atoms with E-state index in [0.717, 1.165) is 12.2 Å². The van der Waals surface area contributed by atoms with E-state index in [1.165, 1.54) is 0 Å². The zero-order valence-corrected chi connectivity index (χ0v) is 9.28. The molecule has 0 aromatic rings. The Morgan fingerprint density at radius 2 is 2.15 bits per heavy atom. The van der Waals surface area contributed by atoms with Gasteiger partial charge in [0.2, 0.25) is 5.91 Å². The maximum Gasteiger partial charge on any atom is 0.220 e. The number of rotatable bonds is 0. The quantitative estimate of drug-likeness (QED) is 0.643. The van der Waals surface area contributed by atoms with Crippen LogP contribution in [0.15, 0.2) is 0 Å². The van der Waals surface area contributed by atoms with E-state index in [9.17, 15) is 4.79 Å². The van der Waals surface area contributed by atoms with E-state index in [4.69, 9.17) is 0 Å². The highest BCUT2D eigenvalue weighted by Crippen LogP contribution is 2.46. The first-order chi connectivity index (χ1) is 5.98. The smallest absolute Gasteiger partial charge is 0.220 e. The standard InChI is InChI=1S/C10H17NOS/c1-10(2,3)9-6-4-8(12)11-7(6)5-13-9/h6-7,9H,4-5H2,1-3H3,(H,11,12)/t6-,7-,9?/m0/s1. The van der Waals surface area contributed by atoms with Crippen molar-refractivity contribution >= 4 is 17.7 Å². The lowest BCUT2D eigenvalue weighted by atomic mass is 9.81. The number of nitrogens with one attached hydrogen (secondary N) is 1. The third-order valence-corrected chi connectivity index (χ3v) is 4.95. The summed E-state index contributed by atoms with van der Waals surface area (Å²) >= 11 is 2.03. The van der Waals surface area contributed by atoms with Gasteiger partial charge in [0.1, 0.15) is 0 Å². The Labute approximate surface area is 83.8 Å². The Bertz CT molecular complexity index is 234. The normalized spacial score (nSPS) is 39.0. The van der Waals surface area contributed by atoms with Crippen molar-refractivity contribution in [2.75, 3.05) is 5.75 Å². The van der Waals surface area contributed by atoms with Gasteiger partial charge in [-0.25, -0.2) is 0 Å². The van der Waals surface area contributed by atoms with Gasteiger partial charge in [-0.05, 0) is 5.41 Å². The van der Waals surface area contributed by atoms with E-state index in [1.807, 2.05) is 11.8 Å². The molecule has 2 aliphatic rings. The Balaban J connectivity index is 2.13. The van der Waals surface area contributed by atoms with E-state index in [0.29, 0.717) is 22.6 Å². The molecule has 0 bridgehead atoms. The van der Waals surface area contributed by atoms with Crippen LogP contribution >= 0.6 is 11.8 Å². The molecule has 2 aliphatic heterocycles. The molecule has 0 spiro atoms. The van der Waals surface area contributed by atoms with Crippen LogP contribution < -0.4 is 5.32 Å². The highest BCUT2D eigenvalue weighted by Gasteiger charge is 2.47. The van der Waals surface area contributed by atoms with Crippen LogP contribution in [0.2, 0.25) is 0 Å². The van der Waals surface area contributed by atoms with Gasteiger partial charge in [0, 0.05) is 29.4 Å². The summed E-state index contributed by atoms with van der Waals surface area (Å²) in [5.74, 6) is 1.94. The minimum atomic E-state index is 0.254. The van der Waals surface area contributed by atoms with Gasteiger partial charge in [0.05, 0.1) is 0 Å². The lowest BCUT2D eigenvalue weighted by molar-refractivity contribution is -0.119. The van der Waals surface area contributed by atoms with Gasteiger partial charge < -0.3 is 5.32 Å². The number of carbonyl (C=O) groups excluding carboxylic acids is 1. The van der Waals surface area contributed by atoms with E-state index < -0.39 is 0 Å². The van der Waals surface area contributed by atoms with Crippen molar-refractivity contribution in [2.45, 2.75) is 38.5 Å². The summed E-state index contributed by atoms with van der Waals surface area (Å²) in [6, 6.07) is 0.460. The number of amides is 1. The molecular formula is C10H17NOS. The van der Waals surface area contributed by atoms with E-state index in [-0.39, 0.29) is 5.91 Å². The molecule has 74 valence electrons. The van der Waals surface area contributed by atoms with E-state index in [1.54, 1.807) is 0 Å². The minimum absolute atomic E-state index is 0.254. The predicted octanol–water partition coefficient (Wildman–Crippen LogP) is 1.65. The number of fused-ring (bicyclic) bond motifs is 1. The molecule has 3 heteroatoms. The number of carbonyl (C=O) groups is 1. The summed E-state index contributed by atoms with van der Waals surface area (Å²) in [4.78, 5) is 11.2. The van der Waals surface area contributed by atoms with E-state index >= 15 is 0 Å². The second-order valence-corrected chi connectivity index (χ2v) is 6.34. The molecule has 1 unspecified atom stereocenters. The molecular weight excluding hydrogens is 182 g/mol. The monoisotopic (exact) mass is 199 g/mol. The SMILES string of the molecule is CC(C)(C)C1SC[C@@H]2NC(=O)C[C@H]12. The van der Waals surface area contributed by atoms with Crippen LogP contribution in [0.1, 0.15) is 27.2 Å². The fraction of sp³-hybridized carbons (Fsp3) is 0.900. The summed E-state index contributed by atoms with van der Waals surface area (Å²) in [5, 5.41) is 3.71. The van der Waals surface area contributed by atoms with Gasteiger partial charge in [-0.15, -0.1) is 0 Å². The van der Waals surface area contributed by atoms with Crippen LogP contribution in [0.3, 0.4) is 0 Å². The van der Waals surface area contributed by atoms with Gasteiger partial charge in [0.25, 0.3) is 0 Å². The van der Waals surface area contributed by atoms with Crippen molar-refractivity contribution in [3.8, 4) is 0 Å². The highest BCUT2D eigenvalue weighted by atomic mass is 32.2. The maximum atomic E-state index is 11.2. The molecule has 3 atom stereocenters. The molecule has 0 aliphatic carbocycles. The molecule has 2 heterocycles. The number of hydrogen-bond donors (Lipinski definition) is 1. The second-order valence-electron chi connectivity index (χ2n) is 5.16. The summed E-state index contributed by atoms with van der Waals surface area (Å²) in [5.41, 5.74) is 0.330. The van der Waals surface area contributed by atoms with Crippen LogP contribution in [0.25, 0.3) is 0 Å². The molecule has 1 N–H and O–H groups in total. The third kappa shape index (κ3) is 1.58. The zero-order valence-electron chi connectivity index (χ0n) is 8.46. The second kappa shape index (κ2) is 2.91. The van der Waals surface area contributed by atoms with Crippen LogP contribution in [0.4, 0.5) is 0 Å². The first-order valence-corrected chi connectivity index (χ1v) is 5.94. The molecule has 0 saturated carbocycles. The number of hydrogen-bond acceptors (Lipinski definition) is 2. The summed E-state index contributed by atoms with van der Waals surface area (Å²) in [7, 11) is 0. The van der Waals surface area contributed by atoms with Crippen LogP contribution in [0, 0.1) is 11.3 Å². The van der Waals surface area contributed by atoms with Gasteiger partial charge in [0.15, 0.2) is 0 Å². The zero-order chi connectivity index (χ0) is 9.64. The Kier molecular flexibility index (Phi) is 2.10. The van der Waals surface area contributed by atoms with Gasteiger partial charge in [-0.3, -0.25) is 4.79 Å². The fourth-order valence-electron chi connectivity index (χ4n) is 2.44. The molecule has 2 nitrogen and oxygen atoms in total. The Hall–Kier alpha value is -0.180. The maximum absolute atomic E-state index is 11.2. The van der Waals surface area contributed by atoms with Crippen molar-refractivity contribution < 1.29 is 4.79 Å². The average molecular weight is 199 g/mol. The van der Waals surface area contributed by atoms with Gasteiger partial charge in [-0.1, -0.05) is 20.8 Å². The number of thioether (sulfide) groups is 1. The van der Waals surface area contributed by atoms with Crippen molar-refractivity contribution in [1.82, 2.24) is 5.32 Å². The summed E-state index contributed by atoms with van der Waals surface area (Å²) < 4.78 is 0. The summed E-state index contributed by atoms with van der Waals surface area (Å²) in [6.45, 7) is 6.82. The largest absolute Gasteiger partial charge is 0.352 e. The molecule has 0 radical (unpaired) electrons. The molecule has 13 heavy (non-hydrogen) atoms. The van der Waals surface area contributed by atoms with Crippen molar-refractivity contribution in [3.05, 3.63) is 0 Å². The van der Waals surface area contributed by atoms with E-state index in [2.05, 4.69) is 26.1 Å².